The summed E-state index contributed by atoms with van der Waals surface area (Å²) < 4.78 is 0. The molecule has 4 atom stereocenters. The number of nitrogens with one attached hydrogen (secondary N) is 2. The minimum Gasteiger partial charge on any atom is -0.370 e. The summed E-state index contributed by atoms with van der Waals surface area (Å²) >= 11 is 0. The van der Waals surface area contributed by atoms with Gasteiger partial charge in [0.25, 0.3) is 0 Å². The number of carbonyl (C=O) groups is 4. The fourth-order valence-corrected chi connectivity index (χ4v) is 5.53. The molecule has 32 heavy (non-hydrogen) atoms. The molecule has 2 saturated heterocycles. The Kier molecular flexibility index (Phi) is 4.63. The Balaban J connectivity index is 1.55. The molecule has 0 unspecified atom stereocenters. The van der Waals surface area contributed by atoms with Crippen LogP contribution in [0.3, 0.4) is 0 Å². The number of imide groups is 1. The van der Waals surface area contributed by atoms with Gasteiger partial charge < -0.3 is 11.1 Å². The van der Waals surface area contributed by atoms with E-state index in [9.17, 15) is 19.2 Å². The van der Waals surface area contributed by atoms with E-state index in [0.29, 0.717) is 17.7 Å². The van der Waals surface area contributed by atoms with Crippen molar-refractivity contribution in [3.05, 3.63) is 65.2 Å². The van der Waals surface area contributed by atoms with Crippen LogP contribution in [0.4, 0.5) is 5.69 Å². The lowest BCUT2D eigenvalue weighted by Gasteiger charge is -2.29. The second kappa shape index (κ2) is 7.27. The van der Waals surface area contributed by atoms with E-state index in [4.69, 9.17) is 5.73 Å². The normalized spacial score (nSPS) is 28.2. The first-order valence-corrected chi connectivity index (χ1v) is 10.7. The second-order valence-corrected chi connectivity index (χ2v) is 8.75. The molecule has 0 radical (unpaired) electrons. The van der Waals surface area contributed by atoms with Gasteiger partial charge in [0.2, 0.25) is 23.6 Å². The van der Waals surface area contributed by atoms with Gasteiger partial charge in [-0.2, -0.15) is 0 Å². The Labute approximate surface area is 185 Å². The van der Waals surface area contributed by atoms with Gasteiger partial charge in [-0.15, -0.1) is 0 Å². The molecule has 164 valence electrons. The van der Waals surface area contributed by atoms with Crippen molar-refractivity contribution in [2.45, 2.75) is 31.3 Å². The third kappa shape index (κ3) is 2.79. The molecule has 3 aliphatic heterocycles. The van der Waals surface area contributed by atoms with Crippen LogP contribution >= 0.6 is 0 Å². The van der Waals surface area contributed by atoms with Crippen LogP contribution in [-0.2, 0) is 31.1 Å². The number of fused-ring (bicyclic) bond motifs is 4. The largest absolute Gasteiger partial charge is 0.370 e. The summed E-state index contributed by atoms with van der Waals surface area (Å²) in [5, 5.41) is 6.10. The Hall–Kier alpha value is -3.52. The summed E-state index contributed by atoms with van der Waals surface area (Å²) in [6, 6.07) is 14.4. The number of hydrogen-bond acceptors (Lipinski definition) is 5. The third-order valence-corrected chi connectivity index (χ3v) is 6.94. The topological polar surface area (TPSA) is 122 Å². The summed E-state index contributed by atoms with van der Waals surface area (Å²) in [6.07, 6.45) is 0.378. The van der Waals surface area contributed by atoms with Gasteiger partial charge in [-0.1, -0.05) is 48.5 Å². The van der Waals surface area contributed by atoms with Gasteiger partial charge in [0.1, 0.15) is 5.54 Å². The average molecular weight is 432 g/mol. The fourth-order valence-electron chi connectivity index (χ4n) is 5.53. The number of benzene rings is 2. The molecule has 0 aliphatic carbocycles. The highest BCUT2D eigenvalue weighted by Gasteiger charge is 2.70. The number of anilines is 1. The monoisotopic (exact) mass is 432 g/mol. The molecule has 8 nitrogen and oxygen atoms in total. The molecule has 1 spiro atoms. The van der Waals surface area contributed by atoms with Crippen LogP contribution in [0, 0.1) is 18.8 Å². The predicted molar refractivity (Wildman–Crippen MR) is 116 cm³/mol. The maximum atomic E-state index is 13.6. The van der Waals surface area contributed by atoms with Crippen LogP contribution in [-0.4, -0.2) is 41.1 Å². The van der Waals surface area contributed by atoms with Crippen molar-refractivity contribution in [2.75, 3.05) is 11.9 Å². The van der Waals surface area contributed by atoms with Crippen molar-refractivity contribution in [1.29, 1.82) is 0 Å². The molecule has 2 aromatic rings. The number of para-hydroxylation sites is 1. The highest BCUT2D eigenvalue weighted by Crippen LogP contribution is 2.53. The lowest BCUT2D eigenvalue weighted by atomic mass is 9.76. The van der Waals surface area contributed by atoms with Gasteiger partial charge in [-0.3, -0.25) is 29.4 Å². The molecule has 8 heteroatoms. The van der Waals surface area contributed by atoms with E-state index < -0.39 is 29.3 Å². The smallest absolute Gasteiger partial charge is 0.250 e. The number of nitrogens with two attached hydrogens (primary N) is 1. The zero-order valence-electron chi connectivity index (χ0n) is 17.6. The van der Waals surface area contributed by atoms with E-state index in [1.807, 2.05) is 49.4 Å². The summed E-state index contributed by atoms with van der Waals surface area (Å²) in [6.45, 7) is 2.09. The van der Waals surface area contributed by atoms with Crippen molar-refractivity contribution >= 4 is 29.3 Å². The van der Waals surface area contributed by atoms with Crippen molar-refractivity contribution in [1.82, 2.24) is 10.2 Å². The van der Waals surface area contributed by atoms with Gasteiger partial charge >= 0.3 is 0 Å². The first-order valence-electron chi connectivity index (χ1n) is 10.7. The van der Waals surface area contributed by atoms with Crippen LogP contribution in [0.1, 0.15) is 23.1 Å². The summed E-state index contributed by atoms with van der Waals surface area (Å²) in [5.41, 5.74) is 7.20. The number of hydrogen-bond donors (Lipinski definition) is 3. The lowest BCUT2D eigenvalue weighted by Crippen LogP contribution is -2.53. The van der Waals surface area contributed by atoms with E-state index in [2.05, 4.69) is 10.6 Å². The van der Waals surface area contributed by atoms with E-state index in [0.717, 1.165) is 11.1 Å². The molecule has 4 N–H and O–H groups in total. The third-order valence-electron chi connectivity index (χ3n) is 6.94. The maximum absolute atomic E-state index is 13.6. The Morgan fingerprint density at radius 1 is 1.06 bits per heavy atom. The minimum absolute atomic E-state index is 0.136. The van der Waals surface area contributed by atoms with Gasteiger partial charge in [0.15, 0.2) is 0 Å². The molecule has 3 heterocycles. The number of aryl methyl sites for hydroxylation is 1. The number of nitrogens with zero attached hydrogens (tertiary/aromatic N) is 1. The summed E-state index contributed by atoms with van der Waals surface area (Å²) in [7, 11) is 0. The first kappa shape index (κ1) is 20.4. The highest BCUT2D eigenvalue weighted by molar-refractivity contribution is 6.15. The highest BCUT2D eigenvalue weighted by atomic mass is 16.2. The van der Waals surface area contributed by atoms with Crippen LogP contribution < -0.4 is 16.4 Å². The number of rotatable bonds is 5. The molecule has 0 aromatic heterocycles. The second-order valence-electron chi connectivity index (χ2n) is 8.75. The van der Waals surface area contributed by atoms with E-state index in [-0.39, 0.29) is 30.7 Å². The van der Waals surface area contributed by atoms with Crippen LogP contribution in [0.2, 0.25) is 0 Å². The molecule has 4 amide bonds. The first-order chi connectivity index (χ1) is 15.3. The molecular formula is C24H24N4O4. The molecule has 2 fully saturated rings. The van der Waals surface area contributed by atoms with Gasteiger partial charge in [0, 0.05) is 30.3 Å². The fraction of sp³-hybridized carbons (Fsp3) is 0.333. The zero-order chi connectivity index (χ0) is 22.6. The Morgan fingerprint density at radius 3 is 2.53 bits per heavy atom. The quantitative estimate of drug-likeness (QED) is 0.605. The molecule has 0 saturated carbocycles. The maximum Gasteiger partial charge on any atom is 0.250 e. The summed E-state index contributed by atoms with van der Waals surface area (Å²) in [4.78, 5) is 53.4. The van der Waals surface area contributed by atoms with Gasteiger partial charge in [0.05, 0.1) is 11.8 Å². The Morgan fingerprint density at radius 2 is 1.81 bits per heavy atom. The average Bonchev–Trinajstić information content (AvgIpc) is 3.33. The molecule has 5 rings (SSSR count). The van der Waals surface area contributed by atoms with Crippen molar-refractivity contribution < 1.29 is 19.2 Å². The predicted octanol–water partition coefficient (Wildman–Crippen LogP) is 0.834. The van der Waals surface area contributed by atoms with Gasteiger partial charge in [-0.05, 0) is 24.5 Å². The molecule has 3 aliphatic rings. The van der Waals surface area contributed by atoms with E-state index in [1.54, 1.807) is 6.07 Å². The number of likely N-dealkylation sites (tertiary alicyclic amines) is 1. The number of amides is 4. The molecule has 2 aromatic carbocycles. The SMILES string of the molecule is Cc1cccc2c1NC(=O)[C@]21N[C@@H](CC(N)=O)[C@H]2C(=O)N(CCc3ccccc3)C(=O)[C@H]21. The van der Waals surface area contributed by atoms with Crippen molar-refractivity contribution in [3.63, 3.8) is 0 Å². The molecular weight excluding hydrogens is 408 g/mol. The zero-order valence-corrected chi connectivity index (χ0v) is 17.6. The Bertz CT molecular complexity index is 1150. The van der Waals surface area contributed by atoms with E-state index >= 15 is 0 Å². The lowest BCUT2D eigenvalue weighted by molar-refractivity contribution is -0.142. The van der Waals surface area contributed by atoms with E-state index in [1.165, 1.54) is 4.90 Å². The minimum atomic E-state index is -1.40. The number of primary amides is 1. The van der Waals surface area contributed by atoms with Crippen LogP contribution in [0.15, 0.2) is 48.5 Å². The standard InChI is InChI=1S/C24H24N4O4/c1-13-6-5-9-15-20(13)26-23(32)24(15)19-18(16(27-24)12-17(25)29)21(30)28(22(19)31)11-10-14-7-3-2-4-8-14/h2-9,16,18-19,27H,10-12H2,1H3,(H2,25,29)(H,26,32)/t16-,18+,19-,24-/m0/s1. The van der Waals surface area contributed by atoms with Gasteiger partial charge in [-0.25, -0.2) is 0 Å². The van der Waals surface area contributed by atoms with Crippen LogP contribution in [0.5, 0.6) is 0 Å². The van der Waals surface area contributed by atoms with Crippen LogP contribution in [0.25, 0.3) is 0 Å². The van der Waals surface area contributed by atoms with Crippen molar-refractivity contribution in [2.24, 2.45) is 17.6 Å². The molecule has 0 bridgehead atoms. The van der Waals surface area contributed by atoms with Crippen molar-refractivity contribution in [3.8, 4) is 0 Å². The summed E-state index contributed by atoms with van der Waals surface area (Å²) in [5.74, 6) is -3.49. The number of carbonyl (C=O) groups excluding carboxylic acids is 4.